The first-order valence-corrected chi connectivity index (χ1v) is 5.15. The van der Waals surface area contributed by atoms with Crippen LogP contribution in [0.5, 0.6) is 0 Å². The zero-order valence-corrected chi connectivity index (χ0v) is 9.01. The van der Waals surface area contributed by atoms with Gasteiger partial charge in [-0.3, -0.25) is 9.78 Å². The molecule has 0 unspecified atom stereocenters. The Hall–Kier alpha value is -2.29. The van der Waals surface area contributed by atoms with Crippen molar-refractivity contribution in [1.29, 1.82) is 0 Å². The van der Waals surface area contributed by atoms with Gasteiger partial charge in [0.15, 0.2) is 0 Å². The fourth-order valence-electron chi connectivity index (χ4n) is 1.37. The van der Waals surface area contributed by atoms with Crippen LogP contribution in [0.15, 0.2) is 54.7 Å². The highest BCUT2D eigenvalue weighted by atomic mass is 19.1. The van der Waals surface area contributed by atoms with Gasteiger partial charge in [0, 0.05) is 11.8 Å². The van der Waals surface area contributed by atoms with Gasteiger partial charge < -0.3 is 0 Å². The van der Waals surface area contributed by atoms with Crippen molar-refractivity contribution in [2.24, 2.45) is 0 Å². The highest BCUT2D eigenvalue weighted by molar-refractivity contribution is 6.05. The Morgan fingerprint density at radius 3 is 2.59 bits per heavy atom. The molecular formula is C14H10FNO. The Bertz CT molecular complexity index is 549. The summed E-state index contributed by atoms with van der Waals surface area (Å²) in [6.45, 7) is 0. The number of rotatable bonds is 3. The standard InChI is InChI=1S/C14H10FNO/c15-12-6-2-1-5-11(12)8-9-14(17)13-7-3-4-10-16-13/h1-10H/b9-8+. The van der Waals surface area contributed by atoms with E-state index in [0.29, 0.717) is 11.3 Å². The molecule has 2 aromatic rings. The second-order valence-electron chi connectivity index (χ2n) is 3.43. The third-order valence-electron chi connectivity index (χ3n) is 2.24. The summed E-state index contributed by atoms with van der Waals surface area (Å²) in [4.78, 5) is 15.6. The van der Waals surface area contributed by atoms with Crippen molar-refractivity contribution in [2.75, 3.05) is 0 Å². The molecule has 0 aliphatic heterocycles. The van der Waals surface area contributed by atoms with E-state index in [1.807, 2.05) is 0 Å². The van der Waals surface area contributed by atoms with Crippen molar-refractivity contribution in [2.45, 2.75) is 0 Å². The van der Waals surface area contributed by atoms with Gasteiger partial charge in [-0.1, -0.05) is 24.3 Å². The van der Waals surface area contributed by atoms with Gasteiger partial charge in [-0.2, -0.15) is 0 Å². The number of benzene rings is 1. The van der Waals surface area contributed by atoms with Crippen molar-refractivity contribution < 1.29 is 9.18 Å². The number of carbonyl (C=O) groups is 1. The Morgan fingerprint density at radius 2 is 1.88 bits per heavy atom. The van der Waals surface area contributed by atoms with Gasteiger partial charge in [0.1, 0.15) is 11.5 Å². The van der Waals surface area contributed by atoms with Gasteiger partial charge >= 0.3 is 0 Å². The fourth-order valence-corrected chi connectivity index (χ4v) is 1.37. The van der Waals surface area contributed by atoms with Crippen LogP contribution in [-0.4, -0.2) is 10.8 Å². The Balaban J connectivity index is 2.17. The van der Waals surface area contributed by atoms with Crippen LogP contribution >= 0.6 is 0 Å². The van der Waals surface area contributed by atoms with Crippen molar-refractivity contribution in [3.63, 3.8) is 0 Å². The van der Waals surface area contributed by atoms with Crippen molar-refractivity contribution in [1.82, 2.24) is 4.98 Å². The summed E-state index contributed by atoms with van der Waals surface area (Å²) in [5.41, 5.74) is 0.733. The molecule has 17 heavy (non-hydrogen) atoms. The molecule has 0 amide bonds. The highest BCUT2D eigenvalue weighted by Gasteiger charge is 2.02. The fraction of sp³-hybridized carbons (Fsp3) is 0. The van der Waals surface area contributed by atoms with E-state index >= 15 is 0 Å². The number of hydrogen-bond donors (Lipinski definition) is 0. The minimum Gasteiger partial charge on any atom is -0.288 e. The molecule has 84 valence electrons. The number of allylic oxidation sites excluding steroid dienone is 1. The summed E-state index contributed by atoms with van der Waals surface area (Å²) in [6, 6.07) is 11.4. The van der Waals surface area contributed by atoms with Gasteiger partial charge in [0.25, 0.3) is 0 Å². The van der Waals surface area contributed by atoms with E-state index in [1.54, 1.807) is 42.6 Å². The maximum absolute atomic E-state index is 13.3. The van der Waals surface area contributed by atoms with Crippen LogP contribution in [0.4, 0.5) is 4.39 Å². The molecule has 1 aromatic carbocycles. The monoisotopic (exact) mass is 227 g/mol. The molecule has 0 bridgehead atoms. The summed E-state index contributed by atoms with van der Waals surface area (Å²) in [7, 11) is 0. The number of nitrogens with zero attached hydrogens (tertiary/aromatic N) is 1. The summed E-state index contributed by atoms with van der Waals surface area (Å²) in [5, 5.41) is 0. The molecule has 0 spiro atoms. The average Bonchev–Trinajstić information content (AvgIpc) is 2.38. The SMILES string of the molecule is O=C(/C=C/c1ccccc1F)c1ccccn1. The van der Waals surface area contributed by atoms with E-state index < -0.39 is 0 Å². The van der Waals surface area contributed by atoms with Crippen LogP contribution in [0.25, 0.3) is 6.08 Å². The second kappa shape index (κ2) is 5.16. The molecule has 0 radical (unpaired) electrons. The van der Waals surface area contributed by atoms with Gasteiger partial charge in [0.05, 0.1) is 0 Å². The van der Waals surface area contributed by atoms with E-state index in [4.69, 9.17) is 0 Å². The lowest BCUT2D eigenvalue weighted by molar-refractivity contribution is 0.104. The van der Waals surface area contributed by atoms with Crippen molar-refractivity contribution >= 4 is 11.9 Å². The minimum absolute atomic E-state index is 0.242. The topological polar surface area (TPSA) is 30.0 Å². The molecule has 2 nitrogen and oxygen atoms in total. The average molecular weight is 227 g/mol. The summed E-state index contributed by atoms with van der Waals surface area (Å²) < 4.78 is 13.3. The zero-order chi connectivity index (χ0) is 12.1. The van der Waals surface area contributed by atoms with Crippen LogP contribution in [-0.2, 0) is 0 Å². The Kier molecular flexibility index (Phi) is 3.40. The lowest BCUT2D eigenvalue weighted by atomic mass is 10.1. The summed E-state index contributed by atoms with van der Waals surface area (Å²) in [5.74, 6) is -0.591. The predicted molar refractivity (Wildman–Crippen MR) is 64.0 cm³/mol. The molecule has 0 aliphatic rings. The molecule has 1 heterocycles. The lowest BCUT2D eigenvalue weighted by Crippen LogP contribution is -1.96. The van der Waals surface area contributed by atoms with Crippen LogP contribution in [0.1, 0.15) is 16.1 Å². The van der Waals surface area contributed by atoms with Crippen LogP contribution < -0.4 is 0 Å². The molecule has 0 N–H and O–H groups in total. The number of halogens is 1. The van der Waals surface area contributed by atoms with Crippen LogP contribution in [0, 0.1) is 5.82 Å². The maximum Gasteiger partial charge on any atom is 0.204 e. The molecular weight excluding hydrogens is 217 g/mol. The Labute approximate surface area is 98.4 Å². The van der Waals surface area contributed by atoms with Gasteiger partial charge in [0.2, 0.25) is 5.78 Å². The number of ketones is 1. The molecule has 3 heteroatoms. The predicted octanol–water partition coefficient (Wildman–Crippen LogP) is 3.12. The lowest BCUT2D eigenvalue weighted by Gasteiger charge is -1.95. The third kappa shape index (κ3) is 2.84. The zero-order valence-electron chi connectivity index (χ0n) is 9.01. The first-order valence-electron chi connectivity index (χ1n) is 5.15. The minimum atomic E-state index is -0.349. The number of aromatic nitrogens is 1. The third-order valence-corrected chi connectivity index (χ3v) is 2.24. The maximum atomic E-state index is 13.3. The molecule has 0 aliphatic carbocycles. The molecule has 0 saturated carbocycles. The molecule has 2 rings (SSSR count). The summed E-state index contributed by atoms with van der Waals surface area (Å²) in [6.07, 6.45) is 4.32. The Morgan fingerprint density at radius 1 is 1.12 bits per heavy atom. The molecule has 1 aromatic heterocycles. The molecule has 0 atom stereocenters. The van der Waals surface area contributed by atoms with Gasteiger partial charge in [-0.05, 0) is 30.4 Å². The number of hydrogen-bond acceptors (Lipinski definition) is 2. The molecule has 0 saturated heterocycles. The number of pyridine rings is 1. The van der Waals surface area contributed by atoms with Crippen molar-refractivity contribution in [3.8, 4) is 0 Å². The van der Waals surface area contributed by atoms with E-state index in [1.165, 1.54) is 18.2 Å². The second-order valence-corrected chi connectivity index (χ2v) is 3.43. The van der Waals surface area contributed by atoms with E-state index in [2.05, 4.69) is 4.98 Å². The van der Waals surface area contributed by atoms with Crippen molar-refractivity contribution in [3.05, 3.63) is 71.8 Å². The quantitative estimate of drug-likeness (QED) is 0.595. The van der Waals surface area contributed by atoms with E-state index in [9.17, 15) is 9.18 Å². The summed E-state index contributed by atoms with van der Waals surface area (Å²) >= 11 is 0. The van der Waals surface area contributed by atoms with Crippen LogP contribution in [0.2, 0.25) is 0 Å². The van der Waals surface area contributed by atoms with Crippen LogP contribution in [0.3, 0.4) is 0 Å². The molecule has 0 fully saturated rings. The van der Waals surface area contributed by atoms with E-state index in [-0.39, 0.29) is 11.6 Å². The van der Waals surface area contributed by atoms with E-state index in [0.717, 1.165) is 0 Å². The van der Waals surface area contributed by atoms with Gasteiger partial charge in [-0.15, -0.1) is 0 Å². The first kappa shape index (κ1) is 11.2. The highest BCUT2D eigenvalue weighted by Crippen LogP contribution is 2.09. The largest absolute Gasteiger partial charge is 0.288 e. The normalized spacial score (nSPS) is 10.6. The number of carbonyl (C=O) groups excluding carboxylic acids is 1. The smallest absolute Gasteiger partial charge is 0.204 e. The van der Waals surface area contributed by atoms with Gasteiger partial charge in [-0.25, -0.2) is 4.39 Å². The first-order chi connectivity index (χ1) is 8.27.